The molecule has 2 N–H and O–H groups in total. The maximum Gasteiger partial charge on any atom is 0.108 e. The Kier molecular flexibility index (Phi) is 11.6. The number of allylic oxidation sites excluding steroid dienone is 2. The van der Waals surface area contributed by atoms with E-state index in [1.165, 1.54) is 0 Å². The molecule has 0 aliphatic heterocycles. The zero-order valence-electron chi connectivity index (χ0n) is 12.1. The van der Waals surface area contributed by atoms with Gasteiger partial charge in [0.1, 0.15) is 5.69 Å². The average Bonchev–Trinajstić information content (AvgIpc) is 2.73. The van der Waals surface area contributed by atoms with Crippen LogP contribution >= 0.6 is 0 Å². The van der Waals surface area contributed by atoms with E-state index in [0.29, 0.717) is 11.7 Å². The first-order chi connectivity index (χ1) is 8.15. The van der Waals surface area contributed by atoms with Crippen LogP contribution in [0.25, 0.3) is 6.08 Å². The van der Waals surface area contributed by atoms with E-state index in [1.807, 2.05) is 50.7 Å². The number of nitrogen functional groups attached to an aromatic ring is 1. The molecule has 1 aromatic rings. The van der Waals surface area contributed by atoms with Crippen molar-refractivity contribution >= 4 is 11.8 Å². The Bertz CT molecular complexity index is 322. The van der Waals surface area contributed by atoms with Crippen molar-refractivity contribution in [3.8, 4) is 0 Å². The van der Waals surface area contributed by atoms with Crippen LogP contribution in [-0.4, -0.2) is 9.78 Å². The minimum Gasteiger partial charge on any atom is -0.396 e. The maximum absolute atomic E-state index is 5.75. The summed E-state index contributed by atoms with van der Waals surface area (Å²) in [7, 11) is 0. The van der Waals surface area contributed by atoms with Crippen molar-refractivity contribution in [1.82, 2.24) is 9.78 Å². The lowest BCUT2D eigenvalue weighted by Gasteiger charge is -2.02. The Labute approximate surface area is 106 Å². The molecule has 1 aromatic heterocycles. The molecular weight excluding hydrogens is 210 g/mol. The van der Waals surface area contributed by atoms with Crippen molar-refractivity contribution in [3.05, 3.63) is 30.6 Å². The molecule has 0 amide bonds. The second-order valence-corrected chi connectivity index (χ2v) is 3.14. The monoisotopic (exact) mass is 237 g/mol. The van der Waals surface area contributed by atoms with E-state index >= 15 is 0 Å². The van der Waals surface area contributed by atoms with Crippen LogP contribution in [0.15, 0.2) is 24.9 Å². The zero-order valence-corrected chi connectivity index (χ0v) is 12.1. The highest BCUT2D eigenvalue weighted by Crippen LogP contribution is 2.14. The summed E-state index contributed by atoms with van der Waals surface area (Å²) in [6, 6.07) is 0.341. The van der Waals surface area contributed by atoms with Crippen LogP contribution < -0.4 is 5.73 Å². The topological polar surface area (TPSA) is 43.8 Å². The Morgan fingerprint density at radius 1 is 1.29 bits per heavy atom. The SMILES string of the molecule is C=C/C=C\c1nn(C(C)C)cc1N.CC.CC. The van der Waals surface area contributed by atoms with Gasteiger partial charge in [-0.05, 0) is 19.9 Å². The number of anilines is 1. The molecule has 0 aromatic carbocycles. The lowest BCUT2D eigenvalue weighted by molar-refractivity contribution is 0.531. The molecule has 3 heteroatoms. The van der Waals surface area contributed by atoms with E-state index < -0.39 is 0 Å². The standard InChI is InChI=1S/C10H15N3.2C2H6/c1-4-5-6-10-9(11)7-13(12-10)8(2)3;2*1-2/h4-8H,1,11H2,2-3H3;2*1-2H3/b6-5-;;. The largest absolute Gasteiger partial charge is 0.396 e. The smallest absolute Gasteiger partial charge is 0.108 e. The molecule has 0 aliphatic rings. The highest BCUT2D eigenvalue weighted by Gasteiger charge is 2.04. The lowest BCUT2D eigenvalue weighted by Crippen LogP contribution is -2.00. The van der Waals surface area contributed by atoms with Crippen molar-refractivity contribution in [2.45, 2.75) is 47.6 Å². The number of nitrogens with zero attached hydrogens (tertiary/aromatic N) is 2. The van der Waals surface area contributed by atoms with Gasteiger partial charge in [0.05, 0.1) is 5.69 Å². The van der Waals surface area contributed by atoms with Crippen LogP contribution in [0.1, 0.15) is 53.3 Å². The zero-order chi connectivity index (χ0) is 13.8. The molecule has 3 nitrogen and oxygen atoms in total. The van der Waals surface area contributed by atoms with Gasteiger partial charge in [-0.15, -0.1) is 0 Å². The van der Waals surface area contributed by atoms with Gasteiger partial charge in [0.15, 0.2) is 0 Å². The van der Waals surface area contributed by atoms with E-state index in [9.17, 15) is 0 Å². The van der Waals surface area contributed by atoms with Crippen molar-refractivity contribution < 1.29 is 0 Å². The van der Waals surface area contributed by atoms with Gasteiger partial charge in [0.25, 0.3) is 0 Å². The molecular formula is C14H27N3. The summed E-state index contributed by atoms with van der Waals surface area (Å²) in [6.45, 7) is 15.7. The third-order valence-corrected chi connectivity index (χ3v) is 1.71. The molecule has 0 bridgehead atoms. The molecule has 0 unspecified atom stereocenters. The summed E-state index contributed by atoms with van der Waals surface area (Å²) in [5, 5.41) is 4.30. The van der Waals surface area contributed by atoms with Crippen LogP contribution in [0.3, 0.4) is 0 Å². The van der Waals surface area contributed by atoms with E-state index in [2.05, 4.69) is 25.5 Å². The fourth-order valence-electron chi connectivity index (χ4n) is 0.973. The number of aromatic nitrogens is 2. The van der Waals surface area contributed by atoms with Crippen molar-refractivity contribution in [3.63, 3.8) is 0 Å². The van der Waals surface area contributed by atoms with Gasteiger partial charge in [0.2, 0.25) is 0 Å². The summed E-state index contributed by atoms with van der Waals surface area (Å²) in [5.41, 5.74) is 7.25. The molecule has 0 aliphatic carbocycles. The van der Waals surface area contributed by atoms with Crippen LogP contribution in [0.2, 0.25) is 0 Å². The Hall–Kier alpha value is -1.51. The summed E-state index contributed by atoms with van der Waals surface area (Å²) < 4.78 is 1.85. The van der Waals surface area contributed by atoms with Crippen LogP contribution in [-0.2, 0) is 0 Å². The lowest BCUT2D eigenvalue weighted by atomic mass is 10.3. The van der Waals surface area contributed by atoms with E-state index in [1.54, 1.807) is 6.08 Å². The third kappa shape index (κ3) is 6.61. The summed E-state index contributed by atoms with van der Waals surface area (Å²) in [6.07, 6.45) is 7.21. The minimum atomic E-state index is 0.341. The second kappa shape index (κ2) is 11.0. The van der Waals surface area contributed by atoms with E-state index in [-0.39, 0.29) is 0 Å². The molecule has 0 fully saturated rings. The Balaban J connectivity index is 0. The maximum atomic E-state index is 5.75. The van der Waals surface area contributed by atoms with Gasteiger partial charge >= 0.3 is 0 Å². The van der Waals surface area contributed by atoms with Gasteiger partial charge in [-0.3, -0.25) is 4.68 Å². The fourth-order valence-corrected chi connectivity index (χ4v) is 0.973. The van der Waals surface area contributed by atoms with Gasteiger partial charge in [0, 0.05) is 12.2 Å². The summed E-state index contributed by atoms with van der Waals surface area (Å²) in [4.78, 5) is 0. The van der Waals surface area contributed by atoms with Crippen LogP contribution in [0.5, 0.6) is 0 Å². The molecule has 1 heterocycles. The van der Waals surface area contributed by atoms with Gasteiger partial charge < -0.3 is 5.73 Å². The molecule has 0 saturated heterocycles. The molecule has 0 spiro atoms. The highest BCUT2D eigenvalue weighted by molar-refractivity contribution is 5.60. The predicted molar refractivity (Wildman–Crippen MR) is 79.0 cm³/mol. The number of rotatable bonds is 3. The molecule has 0 saturated carbocycles. The van der Waals surface area contributed by atoms with Crippen molar-refractivity contribution in [1.29, 1.82) is 0 Å². The first-order valence-electron chi connectivity index (χ1n) is 6.29. The first kappa shape index (κ1) is 17.9. The molecule has 98 valence electrons. The van der Waals surface area contributed by atoms with E-state index in [0.717, 1.165) is 5.69 Å². The number of hydrogen-bond acceptors (Lipinski definition) is 2. The predicted octanol–water partition coefficient (Wildman–Crippen LogP) is 4.30. The Morgan fingerprint density at radius 3 is 2.18 bits per heavy atom. The molecule has 0 radical (unpaired) electrons. The summed E-state index contributed by atoms with van der Waals surface area (Å²) >= 11 is 0. The highest BCUT2D eigenvalue weighted by atomic mass is 15.3. The molecule has 1 rings (SSSR count). The number of nitrogens with two attached hydrogens (primary N) is 1. The minimum absolute atomic E-state index is 0.341. The molecule has 0 atom stereocenters. The average molecular weight is 237 g/mol. The first-order valence-corrected chi connectivity index (χ1v) is 6.29. The summed E-state index contributed by atoms with van der Waals surface area (Å²) in [5.74, 6) is 0. The van der Waals surface area contributed by atoms with Gasteiger partial charge in [-0.2, -0.15) is 5.10 Å². The quantitative estimate of drug-likeness (QED) is 0.797. The second-order valence-electron chi connectivity index (χ2n) is 3.14. The van der Waals surface area contributed by atoms with Crippen LogP contribution in [0, 0.1) is 0 Å². The Morgan fingerprint density at radius 2 is 1.82 bits per heavy atom. The van der Waals surface area contributed by atoms with Gasteiger partial charge in [-0.1, -0.05) is 46.4 Å². The fraction of sp³-hybridized carbons (Fsp3) is 0.500. The third-order valence-electron chi connectivity index (χ3n) is 1.71. The van der Waals surface area contributed by atoms with Crippen molar-refractivity contribution in [2.75, 3.05) is 5.73 Å². The van der Waals surface area contributed by atoms with Crippen LogP contribution in [0.4, 0.5) is 5.69 Å². The van der Waals surface area contributed by atoms with Gasteiger partial charge in [-0.25, -0.2) is 0 Å². The van der Waals surface area contributed by atoms with E-state index in [4.69, 9.17) is 5.73 Å². The normalized spacial score (nSPS) is 9.35. The molecule has 17 heavy (non-hydrogen) atoms. The number of hydrogen-bond donors (Lipinski definition) is 1. The van der Waals surface area contributed by atoms with Crippen molar-refractivity contribution in [2.24, 2.45) is 0 Å².